The molecule has 0 aliphatic carbocycles. The molecule has 3 aromatic carbocycles. The van der Waals surface area contributed by atoms with Crippen LogP contribution in [0.15, 0.2) is 78.9 Å². The Morgan fingerprint density at radius 3 is 1.28 bits per heavy atom. The first-order chi connectivity index (χ1) is 11.7. The normalized spacial score (nSPS) is 10.4. The number of hydrogen-bond acceptors (Lipinski definition) is 3. The summed E-state index contributed by atoms with van der Waals surface area (Å²) in [7, 11) is 0. The van der Waals surface area contributed by atoms with Crippen molar-refractivity contribution in [3.8, 4) is 0 Å². The van der Waals surface area contributed by atoms with Gasteiger partial charge < -0.3 is 11.5 Å². The van der Waals surface area contributed by atoms with Gasteiger partial charge in [0.15, 0.2) is 0 Å². The van der Waals surface area contributed by atoms with Crippen molar-refractivity contribution in [2.24, 2.45) is 0 Å². The van der Waals surface area contributed by atoms with Crippen molar-refractivity contribution in [2.75, 3.05) is 11.5 Å². The predicted molar refractivity (Wildman–Crippen MR) is 108 cm³/mol. The van der Waals surface area contributed by atoms with E-state index in [1.807, 2.05) is 30.3 Å². The maximum atomic E-state index is 5.79. The van der Waals surface area contributed by atoms with Crippen LogP contribution in [0.4, 0.5) is 11.4 Å². The maximum absolute atomic E-state index is 5.79. The van der Waals surface area contributed by atoms with Crippen LogP contribution in [0.5, 0.6) is 0 Å². The van der Waals surface area contributed by atoms with Gasteiger partial charge >= 0.3 is 0 Å². The molecule has 0 saturated heterocycles. The molecular weight excluding hydrogens is 330 g/mol. The number of halogens is 1. The van der Waals surface area contributed by atoms with Crippen molar-refractivity contribution in [1.29, 1.82) is 0 Å². The Balaban J connectivity index is 0.00000225. The van der Waals surface area contributed by atoms with E-state index >= 15 is 0 Å². The first-order valence-corrected chi connectivity index (χ1v) is 8.14. The number of anilines is 2. The second-order valence-corrected chi connectivity index (χ2v) is 6.11. The molecule has 3 nitrogen and oxygen atoms in total. The van der Waals surface area contributed by atoms with Gasteiger partial charge in [0, 0.05) is 31.0 Å². The van der Waals surface area contributed by atoms with Crippen LogP contribution in [0, 0.1) is 0 Å². The van der Waals surface area contributed by atoms with E-state index in [4.69, 9.17) is 11.5 Å². The van der Waals surface area contributed by atoms with E-state index in [9.17, 15) is 0 Å². The molecule has 0 aliphatic rings. The summed E-state index contributed by atoms with van der Waals surface area (Å²) < 4.78 is 0. The van der Waals surface area contributed by atoms with Gasteiger partial charge in [0.25, 0.3) is 0 Å². The first-order valence-electron chi connectivity index (χ1n) is 8.14. The van der Waals surface area contributed by atoms with Crippen LogP contribution in [-0.4, -0.2) is 4.90 Å². The monoisotopic (exact) mass is 353 g/mol. The van der Waals surface area contributed by atoms with Crippen molar-refractivity contribution in [1.82, 2.24) is 4.90 Å². The summed E-state index contributed by atoms with van der Waals surface area (Å²) in [5.41, 5.74) is 17.0. The average molecular weight is 354 g/mol. The van der Waals surface area contributed by atoms with E-state index < -0.39 is 0 Å². The van der Waals surface area contributed by atoms with Crippen molar-refractivity contribution in [2.45, 2.75) is 19.6 Å². The van der Waals surface area contributed by atoms with Gasteiger partial charge in [-0.15, -0.1) is 12.4 Å². The minimum atomic E-state index is 0. The lowest BCUT2D eigenvalue weighted by atomic mass is 10.1. The van der Waals surface area contributed by atoms with Crippen molar-refractivity contribution in [3.05, 3.63) is 95.6 Å². The lowest BCUT2D eigenvalue weighted by Crippen LogP contribution is -2.22. The molecule has 0 saturated carbocycles. The highest BCUT2D eigenvalue weighted by molar-refractivity contribution is 5.85. The Morgan fingerprint density at radius 2 is 0.880 bits per heavy atom. The summed E-state index contributed by atoms with van der Waals surface area (Å²) in [5, 5.41) is 0. The van der Waals surface area contributed by atoms with Gasteiger partial charge in [-0.25, -0.2) is 0 Å². The molecular formula is C21H24ClN3. The average Bonchev–Trinajstić information content (AvgIpc) is 2.60. The van der Waals surface area contributed by atoms with Gasteiger partial charge in [-0.3, -0.25) is 4.90 Å². The molecule has 0 unspecified atom stereocenters. The van der Waals surface area contributed by atoms with Gasteiger partial charge in [0.1, 0.15) is 0 Å². The summed E-state index contributed by atoms with van der Waals surface area (Å²) in [4.78, 5) is 2.42. The van der Waals surface area contributed by atoms with Crippen LogP contribution in [-0.2, 0) is 19.6 Å². The molecule has 0 spiro atoms. The fourth-order valence-electron chi connectivity index (χ4n) is 2.77. The van der Waals surface area contributed by atoms with E-state index in [2.05, 4.69) is 53.4 Å². The third kappa shape index (κ3) is 5.82. The number of hydrogen-bond donors (Lipinski definition) is 2. The van der Waals surface area contributed by atoms with Gasteiger partial charge in [0.2, 0.25) is 0 Å². The fourth-order valence-corrected chi connectivity index (χ4v) is 2.77. The van der Waals surface area contributed by atoms with Crippen LogP contribution in [0.2, 0.25) is 0 Å². The van der Waals surface area contributed by atoms with Crippen LogP contribution >= 0.6 is 12.4 Å². The second-order valence-electron chi connectivity index (χ2n) is 6.11. The Morgan fingerprint density at radius 1 is 0.520 bits per heavy atom. The number of nitrogens with two attached hydrogens (primary N) is 2. The lowest BCUT2D eigenvalue weighted by molar-refractivity contribution is 0.248. The molecule has 3 rings (SSSR count). The molecule has 0 fully saturated rings. The maximum Gasteiger partial charge on any atom is 0.0314 e. The molecule has 0 aromatic heterocycles. The zero-order chi connectivity index (χ0) is 16.8. The molecule has 4 N–H and O–H groups in total. The summed E-state index contributed by atoms with van der Waals surface area (Å²) in [5.74, 6) is 0. The largest absolute Gasteiger partial charge is 0.399 e. The van der Waals surface area contributed by atoms with Crippen LogP contribution < -0.4 is 11.5 Å². The van der Waals surface area contributed by atoms with Gasteiger partial charge in [-0.1, -0.05) is 54.6 Å². The predicted octanol–water partition coefficient (Wildman–Crippen LogP) is 4.48. The van der Waals surface area contributed by atoms with E-state index in [0.717, 1.165) is 31.0 Å². The van der Waals surface area contributed by atoms with Crippen molar-refractivity contribution >= 4 is 23.8 Å². The Bertz CT molecular complexity index is 708. The Kier molecular flexibility index (Phi) is 6.87. The number of rotatable bonds is 6. The van der Waals surface area contributed by atoms with Crippen LogP contribution in [0.25, 0.3) is 0 Å². The van der Waals surface area contributed by atoms with Gasteiger partial charge in [0.05, 0.1) is 0 Å². The van der Waals surface area contributed by atoms with Crippen LogP contribution in [0.3, 0.4) is 0 Å². The van der Waals surface area contributed by atoms with Crippen molar-refractivity contribution < 1.29 is 0 Å². The molecule has 3 aromatic rings. The summed E-state index contributed by atoms with van der Waals surface area (Å²) in [6, 6.07) is 26.8. The fraction of sp³-hybridized carbons (Fsp3) is 0.143. The lowest BCUT2D eigenvalue weighted by Gasteiger charge is -2.23. The smallest absolute Gasteiger partial charge is 0.0314 e. The molecule has 0 bridgehead atoms. The quantitative estimate of drug-likeness (QED) is 0.642. The Labute approximate surface area is 155 Å². The molecule has 130 valence electrons. The highest BCUT2D eigenvalue weighted by atomic mass is 35.5. The van der Waals surface area contributed by atoms with Crippen LogP contribution in [0.1, 0.15) is 16.7 Å². The molecule has 0 amide bonds. The van der Waals surface area contributed by atoms with E-state index in [1.165, 1.54) is 16.7 Å². The molecule has 0 heterocycles. The molecule has 25 heavy (non-hydrogen) atoms. The summed E-state index contributed by atoms with van der Waals surface area (Å²) >= 11 is 0. The zero-order valence-corrected chi connectivity index (χ0v) is 15.0. The topological polar surface area (TPSA) is 55.3 Å². The standard InChI is InChI=1S/C21H23N3.ClH/c22-20-10-6-18(7-11-20)15-24(14-17-4-2-1-3-5-17)16-19-8-12-21(23)13-9-19;/h1-13H,14-16,22-23H2;1H. The van der Waals surface area contributed by atoms with Crippen molar-refractivity contribution in [3.63, 3.8) is 0 Å². The van der Waals surface area contributed by atoms with E-state index in [-0.39, 0.29) is 12.4 Å². The molecule has 0 radical (unpaired) electrons. The molecule has 4 heteroatoms. The van der Waals surface area contributed by atoms with E-state index in [1.54, 1.807) is 0 Å². The number of nitrogen functional groups attached to an aromatic ring is 2. The minimum absolute atomic E-state index is 0. The highest BCUT2D eigenvalue weighted by Gasteiger charge is 2.08. The highest BCUT2D eigenvalue weighted by Crippen LogP contribution is 2.16. The second kappa shape index (κ2) is 9.11. The zero-order valence-electron chi connectivity index (χ0n) is 14.1. The number of benzene rings is 3. The van der Waals surface area contributed by atoms with Gasteiger partial charge in [-0.05, 0) is 41.0 Å². The minimum Gasteiger partial charge on any atom is -0.399 e. The third-order valence-electron chi connectivity index (χ3n) is 4.02. The van der Waals surface area contributed by atoms with E-state index in [0.29, 0.717) is 0 Å². The molecule has 0 atom stereocenters. The molecule has 0 aliphatic heterocycles. The summed E-state index contributed by atoms with van der Waals surface area (Å²) in [6.07, 6.45) is 0. The summed E-state index contributed by atoms with van der Waals surface area (Å²) in [6.45, 7) is 2.65. The number of nitrogens with zero attached hydrogens (tertiary/aromatic N) is 1. The van der Waals surface area contributed by atoms with Gasteiger partial charge in [-0.2, -0.15) is 0 Å². The third-order valence-corrected chi connectivity index (χ3v) is 4.02. The first kappa shape index (κ1) is 18.8. The SMILES string of the molecule is Cl.Nc1ccc(CN(Cc2ccccc2)Cc2ccc(N)cc2)cc1. The Hall–Kier alpha value is -2.49.